The van der Waals surface area contributed by atoms with E-state index < -0.39 is 12.1 Å². The lowest BCUT2D eigenvalue weighted by atomic mass is 10.0. The Morgan fingerprint density at radius 1 is 0.935 bits per heavy atom. The Morgan fingerprint density at radius 3 is 2.06 bits per heavy atom. The van der Waals surface area contributed by atoms with Crippen LogP contribution in [0.5, 0.6) is 11.5 Å². The van der Waals surface area contributed by atoms with Crippen molar-refractivity contribution in [1.82, 2.24) is 5.32 Å². The summed E-state index contributed by atoms with van der Waals surface area (Å²) in [5.74, 6) is 0.924. The van der Waals surface area contributed by atoms with Gasteiger partial charge in [0.25, 0.3) is 0 Å². The highest BCUT2D eigenvalue weighted by Crippen LogP contribution is 2.27. The van der Waals surface area contributed by atoms with Crippen molar-refractivity contribution in [3.63, 3.8) is 0 Å². The van der Waals surface area contributed by atoms with Crippen LogP contribution in [-0.2, 0) is 11.2 Å². The van der Waals surface area contributed by atoms with E-state index >= 15 is 0 Å². The number of hydrogen-bond acceptors (Lipinski definition) is 5. The largest absolute Gasteiger partial charge is 0.493 e. The Morgan fingerprint density at radius 2 is 1.52 bits per heavy atom. The fourth-order valence-electron chi connectivity index (χ4n) is 3.74. The Balaban J connectivity index is 2.28. The number of benzene rings is 1. The van der Waals surface area contributed by atoms with Gasteiger partial charge in [0.15, 0.2) is 11.5 Å². The highest BCUT2D eigenvalue weighted by Gasteiger charge is 2.20. The van der Waals surface area contributed by atoms with Gasteiger partial charge in [0, 0.05) is 0 Å². The summed E-state index contributed by atoms with van der Waals surface area (Å²) in [6.45, 7) is 1.95. The zero-order valence-corrected chi connectivity index (χ0v) is 19.7. The molecular weight excluding hydrogens is 394 g/mol. The standard InChI is InChI=1S/C25H43NO5/c1-4-5-6-7-8-9-10-11-12-13-14-22(28)21(19-27)26-25(29)18-20-15-16-23(30-2)24(17-20)31-3/h15-17,21-22,27-28H,4-14,18-19H2,1-3H3,(H,26,29)/t21-,22?/m0/s1. The van der Waals surface area contributed by atoms with Gasteiger partial charge in [-0.15, -0.1) is 0 Å². The number of hydrogen-bond donors (Lipinski definition) is 3. The summed E-state index contributed by atoms with van der Waals surface area (Å²) in [6, 6.07) is 4.67. The maximum atomic E-state index is 12.4. The molecule has 0 fully saturated rings. The SMILES string of the molecule is CCCCCCCCCCCCC(O)[C@H](CO)NC(=O)Cc1ccc(OC)c(OC)c1. The first-order chi connectivity index (χ1) is 15.0. The molecule has 0 radical (unpaired) electrons. The number of unbranched alkanes of at least 4 members (excludes halogenated alkanes) is 9. The van der Waals surface area contributed by atoms with Crippen LogP contribution in [-0.4, -0.2) is 49.1 Å². The number of ether oxygens (including phenoxy) is 2. The highest BCUT2D eigenvalue weighted by atomic mass is 16.5. The molecule has 6 heteroatoms. The quantitative estimate of drug-likeness (QED) is 0.296. The molecule has 0 aliphatic heterocycles. The van der Waals surface area contributed by atoms with E-state index in [1.807, 2.05) is 0 Å². The molecule has 0 aliphatic rings. The van der Waals surface area contributed by atoms with Gasteiger partial charge in [-0.2, -0.15) is 0 Å². The van der Waals surface area contributed by atoms with Gasteiger partial charge in [-0.05, 0) is 24.1 Å². The summed E-state index contributed by atoms with van der Waals surface area (Å²) in [5.41, 5.74) is 0.774. The average Bonchev–Trinajstić information content (AvgIpc) is 2.78. The zero-order valence-electron chi connectivity index (χ0n) is 19.7. The van der Waals surface area contributed by atoms with E-state index in [0.717, 1.165) is 18.4 Å². The molecule has 1 aromatic rings. The van der Waals surface area contributed by atoms with Gasteiger partial charge in [-0.3, -0.25) is 4.79 Å². The van der Waals surface area contributed by atoms with Crippen LogP contribution < -0.4 is 14.8 Å². The monoisotopic (exact) mass is 437 g/mol. The molecule has 0 aromatic heterocycles. The van der Waals surface area contributed by atoms with Crippen molar-refractivity contribution < 1.29 is 24.5 Å². The molecule has 178 valence electrons. The second-order valence-corrected chi connectivity index (χ2v) is 8.26. The minimum atomic E-state index is -0.742. The molecule has 0 bridgehead atoms. The maximum absolute atomic E-state index is 12.4. The number of nitrogens with one attached hydrogen (secondary N) is 1. The molecule has 1 rings (SSSR count). The summed E-state index contributed by atoms with van der Waals surface area (Å²) >= 11 is 0. The Hall–Kier alpha value is -1.79. The number of amides is 1. The molecular formula is C25H43NO5. The van der Waals surface area contributed by atoms with Crippen molar-refractivity contribution in [3.05, 3.63) is 23.8 Å². The molecule has 1 unspecified atom stereocenters. The third kappa shape index (κ3) is 11.4. The Kier molecular flexibility index (Phi) is 14.8. The summed E-state index contributed by atoms with van der Waals surface area (Å²) in [7, 11) is 3.11. The van der Waals surface area contributed by atoms with Crippen LogP contribution in [0.2, 0.25) is 0 Å². The van der Waals surface area contributed by atoms with E-state index in [2.05, 4.69) is 12.2 Å². The Labute approximate surface area is 188 Å². The van der Waals surface area contributed by atoms with Gasteiger partial charge in [-0.1, -0.05) is 77.2 Å². The molecule has 3 N–H and O–H groups in total. The maximum Gasteiger partial charge on any atom is 0.224 e. The second-order valence-electron chi connectivity index (χ2n) is 8.26. The highest BCUT2D eigenvalue weighted by molar-refractivity contribution is 5.79. The number of carbonyl (C=O) groups excluding carboxylic acids is 1. The van der Waals surface area contributed by atoms with Gasteiger partial charge in [0.2, 0.25) is 5.91 Å². The van der Waals surface area contributed by atoms with Crippen LogP contribution in [0.3, 0.4) is 0 Å². The van der Waals surface area contributed by atoms with Crippen LogP contribution in [0.25, 0.3) is 0 Å². The van der Waals surface area contributed by atoms with Gasteiger partial charge < -0.3 is 25.0 Å². The molecule has 1 amide bonds. The normalized spacial score (nSPS) is 12.9. The lowest BCUT2D eigenvalue weighted by Crippen LogP contribution is -2.46. The van der Waals surface area contributed by atoms with Crippen molar-refractivity contribution in [2.24, 2.45) is 0 Å². The van der Waals surface area contributed by atoms with Crippen LogP contribution >= 0.6 is 0 Å². The fourth-order valence-corrected chi connectivity index (χ4v) is 3.74. The fraction of sp³-hybridized carbons (Fsp3) is 0.720. The molecule has 1 aromatic carbocycles. The van der Waals surface area contributed by atoms with E-state index in [1.165, 1.54) is 51.4 Å². The summed E-state index contributed by atoms with van der Waals surface area (Å²) < 4.78 is 10.5. The average molecular weight is 438 g/mol. The Bertz CT molecular complexity index is 608. The molecule has 0 saturated heterocycles. The van der Waals surface area contributed by atoms with Gasteiger partial charge in [-0.25, -0.2) is 0 Å². The minimum Gasteiger partial charge on any atom is -0.493 e. The number of rotatable bonds is 18. The lowest BCUT2D eigenvalue weighted by molar-refractivity contribution is -0.122. The molecule has 0 spiro atoms. The van der Waals surface area contributed by atoms with Crippen molar-refractivity contribution in [3.8, 4) is 11.5 Å². The predicted octanol–water partition coefficient (Wildman–Crippen LogP) is 4.40. The molecule has 0 saturated carbocycles. The summed E-state index contributed by atoms with van der Waals surface area (Å²) in [6.07, 6.45) is 12.3. The van der Waals surface area contributed by atoms with Crippen LogP contribution in [0.4, 0.5) is 0 Å². The van der Waals surface area contributed by atoms with Crippen LogP contribution in [0.1, 0.15) is 83.1 Å². The first-order valence-electron chi connectivity index (χ1n) is 11.8. The van der Waals surface area contributed by atoms with Crippen molar-refractivity contribution in [1.29, 1.82) is 0 Å². The lowest BCUT2D eigenvalue weighted by Gasteiger charge is -2.22. The number of methoxy groups -OCH3 is 2. The van der Waals surface area contributed by atoms with Crippen LogP contribution in [0, 0.1) is 0 Å². The number of aliphatic hydroxyl groups is 2. The van der Waals surface area contributed by atoms with Gasteiger partial charge >= 0.3 is 0 Å². The van der Waals surface area contributed by atoms with Gasteiger partial charge in [0.05, 0.1) is 39.4 Å². The molecule has 6 nitrogen and oxygen atoms in total. The summed E-state index contributed by atoms with van der Waals surface area (Å²) in [4.78, 5) is 12.4. The zero-order chi connectivity index (χ0) is 22.9. The molecule has 31 heavy (non-hydrogen) atoms. The van der Waals surface area contributed by atoms with Crippen LogP contribution in [0.15, 0.2) is 18.2 Å². The smallest absolute Gasteiger partial charge is 0.224 e. The third-order valence-electron chi connectivity index (χ3n) is 5.67. The molecule has 0 aliphatic carbocycles. The number of carbonyl (C=O) groups is 1. The van der Waals surface area contributed by atoms with E-state index in [-0.39, 0.29) is 18.9 Å². The second kappa shape index (κ2) is 16.8. The third-order valence-corrected chi connectivity index (χ3v) is 5.67. The van der Waals surface area contributed by atoms with E-state index in [0.29, 0.717) is 17.9 Å². The van der Waals surface area contributed by atoms with Crippen molar-refractivity contribution in [2.45, 2.75) is 96.1 Å². The summed E-state index contributed by atoms with van der Waals surface area (Å²) in [5, 5.41) is 22.8. The first kappa shape index (κ1) is 27.2. The topological polar surface area (TPSA) is 88.0 Å². The minimum absolute atomic E-state index is 0.141. The molecule has 2 atom stereocenters. The van der Waals surface area contributed by atoms with Crippen molar-refractivity contribution >= 4 is 5.91 Å². The first-order valence-corrected chi connectivity index (χ1v) is 11.8. The predicted molar refractivity (Wildman–Crippen MR) is 125 cm³/mol. The van der Waals surface area contributed by atoms with Crippen molar-refractivity contribution in [2.75, 3.05) is 20.8 Å². The van der Waals surface area contributed by atoms with Gasteiger partial charge in [0.1, 0.15) is 0 Å². The molecule has 0 heterocycles. The van der Waals surface area contributed by atoms with E-state index in [1.54, 1.807) is 32.4 Å². The van der Waals surface area contributed by atoms with E-state index in [4.69, 9.17) is 9.47 Å². The van der Waals surface area contributed by atoms with E-state index in [9.17, 15) is 15.0 Å². The number of aliphatic hydroxyl groups excluding tert-OH is 2.